The molecule has 558 valence electrons. The molecule has 6 aromatic rings. The molecule has 3 aromatic carbocycles. The first-order valence-electron chi connectivity index (χ1n) is 31.6. The summed E-state index contributed by atoms with van der Waals surface area (Å²) in [6, 6.07) is 16.7. The molecule has 0 radical (unpaired) electrons. The van der Waals surface area contributed by atoms with Crippen LogP contribution in [0.2, 0.25) is 0 Å². The van der Waals surface area contributed by atoms with Crippen molar-refractivity contribution in [2.75, 3.05) is 52.8 Å². The van der Waals surface area contributed by atoms with Gasteiger partial charge >= 0.3 is 43.7 Å². The first-order chi connectivity index (χ1) is 47.0. The van der Waals surface area contributed by atoms with Crippen molar-refractivity contribution in [2.24, 2.45) is 0 Å². The number of hydrogen-bond donors (Lipinski definition) is 7. The van der Waals surface area contributed by atoms with Gasteiger partial charge in [0.15, 0.2) is 0 Å². The van der Waals surface area contributed by atoms with Crippen LogP contribution in [0.5, 0.6) is 0 Å². The summed E-state index contributed by atoms with van der Waals surface area (Å²) in [5, 5.41) is 79.4. The van der Waals surface area contributed by atoms with E-state index in [1.165, 1.54) is 106 Å². The second-order valence-corrected chi connectivity index (χ2v) is 29.8. The number of rotatable bonds is 29. The maximum absolute atomic E-state index is 13.5. The molecule has 3 heterocycles. The SMILES string of the molecule is CC.CC(C)c1nc(N(C)S(C)(=O)=O)nc(-c2ccc(F)cc2)c1/C=C/[C@@H](O)C[C@@H](O)CC(=O)O.CC(C)c1nc(N(C)S(C)(=O)=O)nc(-c2ccc(F)cc2)c1/C=C/[C@@H](O)C[C@@H](O)CC(=O)[O-].CC[C@H](O)C[C@H](O)/C=C/c1c(-c2ccc(F)cc2)nc(N(C)S(C)(=O)=O)nc1C(C)C.II.[Ca+2]. The summed E-state index contributed by atoms with van der Waals surface area (Å²) < 4.78 is 116. The largest absolute Gasteiger partial charge is 2.00 e. The molecule has 0 fully saturated rings. The predicted molar refractivity (Wildman–Crippen MR) is 409 cm³/mol. The molecular formula is C68H91CaF3I2N9O16S3+. The summed E-state index contributed by atoms with van der Waals surface area (Å²) in [4.78, 5) is 47.9. The number of anilines is 3. The number of carboxylic acid groups (broad SMARTS) is 2. The molecule has 0 aliphatic rings. The van der Waals surface area contributed by atoms with E-state index in [1.807, 2.05) is 62.3 Å². The zero-order chi connectivity index (χ0) is 77.2. The van der Waals surface area contributed by atoms with Crippen molar-refractivity contribution in [3.63, 3.8) is 0 Å². The molecule has 0 amide bonds. The van der Waals surface area contributed by atoms with Crippen molar-refractivity contribution >= 4 is 153 Å². The van der Waals surface area contributed by atoms with E-state index in [4.69, 9.17) is 5.11 Å². The number of aliphatic hydroxyl groups is 6. The third-order valence-electron chi connectivity index (χ3n) is 14.5. The summed E-state index contributed by atoms with van der Waals surface area (Å²) in [5.74, 6) is -4.50. The average molecular weight is 1740 g/mol. The molecule has 7 N–H and O–H groups in total. The molecule has 0 saturated heterocycles. The van der Waals surface area contributed by atoms with Gasteiger partial charge in [-0.1, -0.05) is 98.8 Å². The minimum Gasteiger partial charge on any atom is -0.550 e. The van der Waals surface area contributed by atoms with E-state index < -0.39 is 109 Å². The van der Waals surface area contributed by atoms with E-state index in [0.717, 1.165) is 31.7 Å². The average Bonchev–Trinajstić information content (AvgIpc) is 0.795. The summed E-state index contributed by atoms with van der Waals surface area (Å²) >= 11 is 4.24. The van der Waals surface area contributed by atoms with Crippen LogP contribution in [0.3, 0.4) is 0 Å². The van der Waals surface area contributed by atoms with Gasteiger partial charge in [0.25, 0.3) is 0 Å². The number of carbonyl (C=O) groups excluding carboxylic acids is 1. The van der Waals surface area contributed by atoms with Crippen LogP contribution in [0.25, 0.3) is 52.0 Å². The van der Waals surface area contributed by atoms with Gasteiger partial charge in [-0.05, 0) is 97.0 Å². The monoisotopic (exact) mass is 1740 g/mol. The standard InChI is InChI=1S/2C22H28FN3O6S.C22H30FN3O4S.C2H6.Ca.I2/c2*1-13(2)20-18(10-9-16(27)11-17(28)12-19(29)30)21(14-5-7-15(23)8-6-14)25-22(24-20)26(3)33(4,31)32;1-6-17(27)13-18(28)11-12-19-20(14(2)3)24-22(26(4)31(5,29)30)25-21(19)15-7-9-16(23)10-8-15;1-2;;1-2/h2*5-10,13,16-17,27-28H,11-12H2,1-4H3,(H,29,30);7-12,14,17-18,27-28H,6,13H2,1-5H3;1-2H3;;/q;;;;+2;/p-1/b2*10-9+;12-11+;;;/t2*16-,17-;17-,18+;;;/m110.../s1. The molecule has 102 heavy (non-hydrogen) atoms. The first kappa shape index (κ1) is 94.6. The van der Waals surface area contributed by atoms with Crippen LogP contribution in [0, 0.1) is 17.5 Å². The predicted octanol–water partition coefficient (Wildman–Crippen LogP) is 9.22. The van der Waals surface area contributed by atoms with Gasteiger partial charge < -0.3 is 45.6 Å². The van der Waals surface area contributed by atoms with Gasteiger partial charge in [-0.3, -0.25) is 4.79 Å². The maximum Gasteiger partial charge on any atom is 2.00 e. The third-order valence-corrected chi connectivity index (χ3v) is 18.0. The Morgan fingerprint density at radius 1 is 0.471 bits per heavy atom. The number of carbonyl (C=O) groups is 2. The number of aliphatic carboxylic acids is 2. The van der Waals surface area contributed by atoms with Crippen molar-refractivity contribution < 1.29 is 88.9 Å². The Balaban J connectivity index is 0.000000743. The molecule has 6 rings (SSSR count). The number of benzene rings is 3. The third kappa shape index (κ3) is 31.0. The number of hydrogen-bond acceptors (Lipinski definition) is 21. The number of sulfonamides is 3. The van der Waals surface area contributed by atoms with Gasteiger partial charge in [0.2, 0.25) is 47.9 Å². The molecule has 0 aliphatic heterocycles. The van der Waals surface area contributed by atoms with Crippen molar-refractivity contribution in [1.29, 1.82) is 0 Å². The summed E-state index contributed by atoms with van der Waals surface area (Å²) in [7, 11) is -6.89. The van der Waals surface area contributed by atoms with Crippen LogP contribution >= 0.6 is 37.2 Å². The molecule has 0 bridgehead atoms. The molecule has 0 saturated carbocycles. The molecule has 25 nitrogen and oxygen atoms in total. The zero-order valence-electron chi connectivity index (χ0n) is 59.5. The Morgan fingerprint density at radius 3 is 0.912 bits per heavy atom. The molecule has 34 heteroatoms. The summed E-state index contributed by atoms with van der Waals surface area (Å²) in [5.41, 5.74) is 5.74. The second kappa shape index (κ2) is 44.5. The van der Waals surface area contributed by atoms with Gasteiger partial charge in [-0.15, -0.1) is 0 Å². The van der Waals surface area contributed by atoms with Gasteiger partial charge in [-0.2, -0.15) is 0 Å². The number of halogens is 5. The van der Waals surface area contributed by atoms with E-state index in [0.29, 0.717) is 74.0 Å². The normalized spacial score (nSPS) is 13.5. The Bertz CT molecular complexity index is 3940. The van der Waals surface area contributed by atoms with E-state index in [2.05, 4.69) is 67.1 Å². The Labute approximate surface area is 649 Å². The minimum absolute atomic E-state index is 0. The molecule has 3 aromatic heterocycles. The van der Waals surface area contributed by atoms with Crippen molar-refractivity contribution in [3.05, 3.63) is 142 Å². The summed E-state index contributed by atoms with van der Waals surface area (Å²) in [6.45, 7) is 17.0. The van der Waals surface area contributed by atoms with Crippen LogP contribution < -0.4 is 18.0 Å². The van der Waals surface area contributed by atoms with Crippen LogP contribution in [0.1, 0.15) is 152 Å². The van der Waals surface area contributed by atoms with Crippen LogP contribution in [0.4, 0.5) is 31.0 Å². The molecule has 0 spiro atoms. The molecule has 0 unspecified atom stereocenters. The first-order valence-corrected chi connectivity index (χ1v) is 43.4. The Kier molecular flexibility index (Phi) is 41.3. The van der Waals surface area contributed by atoms with Crippen LogP contribution in [0.15, 0.2) is 91.0 Å². The van der Waals surface area contributed by atoms with E-state index >= 15 is 0 Å². The fraction of sp³-hybridized carbons (Fsp3) is 0.441. The molecular weight excluding hydrogens is 1650 g/mol. The fourth-order valence-electron chi connectivity index (χ4n) is 9.01. The van der Waals surface area contributed by atoms with Crippen LogP contribution in [-0.4, -0.2) is 217 Å². The zero-order valence-corrected chi connectivity index (χ0v) is 68.5. The Morgan fingerprint density at radius 2 is 0.706 bits per heavy atom. The van der Waals surface area contributed by atoms with Gasteiger partial charge in [0.05, 0.1) is 96.0 Å². The van der Waals surface area contributed by atoms with Gasteiger partial charge in [0, 0.05) is 123 Å². The number of nitrogens with zero attached hydrogens (tertiary/aromatic N) is 9. The smallest absolute Gasteiger partial charge is 0.550 e. The van der Waals surface area contributed by atoms with Crippen LogP contribution in [-0.2, 0) is 39.7 Å². The minimum atomic E-state index is -3.66. The quantitative estimate of drug-likeness (QED) is 0.0170. The van der Waals surface area contributed by atoms with Crippen molar-refractivity contribution in [3.8, 4) is 33.8 Å². The van der Waals surface area contributed by atoms with Crippen molar-refractivity contribution in [1.82, 2.24) is 29.9 Å². The number of aliphatic hydroxyl groups excluding tert-OH is 6. The number of carboxylic acids is 2. The number of aromatic nitrogens is 6. The second-order valence-electron chi connectivity index (χ2n) is 23.7. The fourth-order valence-corrected chi connectivity index (χ4v) is 10.1. The van der Waals surface area contributed by atoms with E-state index in [1.54, 1.807) is 24.3 Å². The molecule has 6 atom stereocenters. The topological polar surface area (TPSA) is 388 Å². The Hall–Kier alpha value is -5.42. The van der Waals surface area contributed by atoms with Gasteiger partial charge in [-0.25, -0.2) is 81.2 Å². The van der Waals surface area contributed by atoms with E-state index in [-0.39, 0.29) is 92.6 Å². The maximum atomic E-state index is 13.5. The van der Waals surface area contributed by atoms with Gasteiger partial charge in [0.1, 0.15) is 17.5 Å². The molecule has 0 aliphatic carbocycles. The van der Waals surface area contributed by atoms with E-state index in [9.17, 15) is 83.8 Å². The van der Waals surface area contributed by atoms with Crippen molar-refractivity contribution in [2.45, 2.75) is 155 Å². The summed E-state index contributed by atoms with van der Waals surface area (Å²) in [6.07, 6.45) is 4.93.